The molecular formula is C16H22FNO2. The van der Waals surface area contributed by atoms with Crippen molar-refractivity contribution in [2.24, 2.45) is 11.8 Å². The second kappa shape index (κ2) is 6.73. The van der Waals surface area contributed by atoms with Crippen LogP contribution >= 0.6 is 0 Å². The highest BCUT2D eigenvalue weighted by molar-refractivity contribution is 5.94. The number of rotatable bonds is 4. The van der Waals surface area contributed by atoms with Crippen molar-refractivity contribution >= 4 is 5.91 Å². The molecule has 1 aromatic carbocycles. The quantitative estimate of drug-likeness (QED) is 0.886. The van der Waals surface area contributed by atoms with Gasteiger partial charge in [-0.25, -0.2) is 4.39 Å². The largest absolute Gasteiger partial charge is 0.508 e. The molecule has 0 atom stereocenters. The summed E-state index contributed by atoms with van der Waals surface area (Å²) in [5.74, 6) is 0.0765. The molecule has 1 fully saturated rings. The first-order valence-electron chi connectivity index (χ1n) is 7.36. The molecule has 1 amide bonds. The Morgan fingerprint density at radius 3 is 2.55 bits per heavy atom. The minimum Gasteiger partial charge on any atom is -0.508 e. The zero-order valence-electron chi connectivity index (χ0n) is 11.9. The third-order valence-electron chi connectivity index (χ3n) is 4.29. The maximum Gasteiger partial charge on any atom is 0.254 e. The first-order chi connectivity index (χ1) is 9.60. The molecule has 0 aliphatic heterocycles. The SMILES string of the molecule is CCC1CCC(CNC(=O)c2ccc(O)cc2F)CC1. The molecule has 3 nitrogen and oxygen atoms in total. The Labute approximate surface area is 119 Å². The molecule has 0 unspecified atom stereocenters. The molecule has 2 N–H and O–H groups in total. The van der Waals surface area contributed by atoms with E-state index in [1.54, 1.807) is 0 Å². The number of aromatic hydroxyl groups is 1. The van der Waals surface area contributed by atoms with Crippen LogP contribution in [0.25, 0.3) is 0 Å². The lowest BCUT2D eigenvalue weighted by atomic mass is 9.81. The molecule has 0 bridgehead atoms. The van der Waals surface area contributed by atoms with E-state index < -0.39 is 11.7 Å². The van der Waals surface area contributed by atoms with E-state index >= 15 is 0 Å². The van der Waals surface area contributed by atoms with Crippen molar-refractivity contribution in [2.45, 2.75) is 39.0 Å². The third-order valence-corrected chi connectivity index (χ3v) is 4.29. The Morgan fingerprint density at radius 2 is 1.95 bits per heavy atom. The van der Waals surface area contributed by atoms with Crippen molar-refractivity contribution in [2.75, 3.05) is 6.54 Å². The van der Waals surface area contributed by atoms with Crippen LogP contribution < -0.4 is 5.32 Å². The van der Waals surface area contributed by atoms with Gasteiger partial charge in [0.25, 0.3) is 5.91 Å². The predicted octanol–water partition coefficient (Wildman–Crippen LogP) is 3.48. The van der Waals surface area contributed by atoms with Crippen LogP contribution in [0.15, 0.2) is 18.2 Å². The summed E-state index contributed by atoms with van der Waals surface area (Å²) in [5, 5.41) is 11.9. The fourth-order valence-electron chi connectivity index (χ4n) is 2.86. The number of amides is 1. The number of phenolic OH excluding ortho intramolecular Hbond substituents is 1. The Kier molecular flexibility index (Phi) is 4.99. The second-order valence-corrected chi connectivity index (χ2v) is 5.67. The van der Waals surface area contributed by atoms with Gasteiger partial charge in [0, 0.05) is 12.6 Å². The molecule has 2 rings (SSSR count). The Hall–Kier alpha value is -1.58. The van der Waals surface area contributed by atoms with Gasteiger partial charge < -0.3 is 10.4 Å². The summed E-state index contributed by atoms with van der Waals surface area (Å²) in [5.41, 5.74) is -0.00922. The highest BCUT2D eigenvalue weighted by Crippen LogP contribution is 2.30. The van der Waals surface area contributed by atoms with Crippen molar-refractivity contribution < 1.29 is 14.3 Å². The lowest BCUT2D eigenvalue weighted by molar-refractivity contribution is 0.0937. The summed E-state index contributed by atoms with van der Waals surface area (Å²) in [6.45, 7) is 2.83. The van der Waals surface area contributed by atoms with Gasteiger partial charge in [0.15, 0.2) is 0 Å². The lowest BCUT2D eigenvalue weighted by Gasteiger charge is -2.27. The predicted molar refractivity (Wildman–Crippen MR) is 76.1 cm³/mol. The molecule has 0 spiro atoms. The fourth-order valence-corrected chi connectivity index (χ4v) is 2.86. The average Bonchev–Trinajstić information content (AvgIpc) is 2.45. The topological polar surface area (TPSA) is 49.3 Å². The monoisotopic (exact) mass is 279 g/mol. The molecule has 1 aromatic rings. The number of hydrogen-bond acceptors (Lipinski definition) is 2. The van der Waals surface area contributed by atoms with E-state index in [-0.39, 0.29) is 11.3 Å². The lowest BCUT2D eigenvalue weighted by Crippen LogP contribution is -2.31. The van der Waals surface area contributed by atoms with Crippen molar-refractivity contribution in [1.29, 1.82) is 0 Å². The van der Waals surface area contributed by atoms with E-state index in [1.165, 1.54) is 31.4 Å². The van der Waals surface area contributed by atoms with E-state index in [0.29, 0.717) is 12.5 Å². The number of hydrogen-bond donors (Lipinski definition) is 2. The number of carbonyl (C=O) groups excluding carboxylic acids is 1. The fraction of sp³-hybridized carbons (Fsp3) is 0.562. The van der Waals surface area contributed by atoms with Crippen molar-refractivity contribution in [1.82, 2.24) is 5.32 Å². The van der Waals surface area contributed by atoms with Crippen molar-refractivity contribution in [3.8, 4) is 5.75 Å². The van der Waals surface area contributed by atoms with Gasteiger partial charge >= 0.3 is 0 Å². The molecule has 0 heterocycles. The molecule has 0 saturated heterocycles. The smallest absolute Gasteiger partial charge is 0.254 e. The first-order valence-corrected chi connectivity index (χ1v) is 7.36. The van der Waals surface area contributed by atoms with E-state index in [1.807, 2.05) is 0 Å². The van der Waals surface area contributed by atoms with Crippen LogP contribution in [0.1, 0.15) is 49.4 Å². The highest BCUT2D eigenvalue weighted by atomic mass is 19.1. The van der Waals surface area contributed by atoms with Crippen LogP contribution in [0, 0.1) is 17.7 Å². The van der Waals surface area contributed by atoms with Gasteiger partial charge in [-0.3, -0.25) is 4.79 Å². The molecule has 0 radical (unpaired) electrons. The zero-order valence-corrected chi connectivity index (χ0v) is 11.9. The van der Waals surface area contributed by atoms with Crippen molar-refractivity contribution in [3.05, 3.63) is 29.6 Å². The van der Waals surface area contributed by atoms with Gasteiger partial charge in [-0.05, 0) is 36.8 Å². The van der Waals surface area contributed by atoms with Gasteiger partial charge in [0.1, 0.15) is 11.6 Å². The van der Waals surface area contributed by atoms with Crippen LogP contribution in [-0.4, -0.2) is 17.6 Å². The molecule has 1 saturated carbocycles. The summed E-state index contributed by atoms with van der Waals surface area (Å²) in [7, 11) is 0. The summed E-state index contributed by atoms with van der Waals surface area (Å²) in [6.07, 6.45) is 5.96. The average molecular weight is 279 g/mol. The van der Waals surface area contributed by atoms with E-state index in [2.05, 4.69) is 12.2 Å². The van der Waals surface area contributed by atoms with E-state index in [0.717, 1.165) is 24.8 Å². The molecule has 20 heavy (non-hydrogen) atoms. The Balaban J connectivity index is 1.83. The van der Waals surface area contributed by atoms with Gasteiger partial charge in [0.05, 0.1) is 5.56 Å². The third kappa shape index (κ3) is 3.71. The molecule has 110 valence electrons. The minimum absolute atomic E-state index is 0.00922. The second-order valence-electron chi connectivity index (χ2n) is 5.67. The van der Waals surface area contributed by atoms with Crippen LogP contribution in [0.2, 0.25) is 0 Å². The van der Waals surface area contributed by atoms with Gasteiger partial charge in [-0.15, -0.1) is 0 Å². The summed E-state index contributed by atoms with van der Waals surface area (Å²) in [4.78, 5) is 11.9. The van der Waals surface area contributed by atoms with E-state index in [4.69, 9.17) is 5.11 Å². The van der Waals surface area contributed by atoms with Crippen LogP contribution in [0.5, 0.6) is 5.75 Å². The van der Waals surface area contributed by atoms with Crippen LogP contribution in [-0.2, 0) is 0 Å². The standard InChI is InChI=1S/C16H22FNO2/c1-2-11-3-5-12(6-4-11)10-18-16(20)14-8-7-13(19)9-15(14)17/h7-9,11-12,19H,2-6,10H2,1H3,(H,18,20). The number of nitrogens with one attached hydrogen (secondary N) is 1. The number of benzene rings is 1. The maximum absolute atomic E-state index is 13.5. The molecule has 4 heteroatoms. The zero-order chi connectivity index (χ0) is 14.5. The van der Waals surface area contributed by atoms with Crippen LogP contribution in [0.4, 0.5) is 4.39 Å². The van der Waals surface area contributed by atoms with E-state index in [9.17, 15) is 9.18 Å². The summed E-state index contributed by atoms with van der Waals surface area (Å²) >= 11 is 0. The number of phenols is 1. The minimum atomic E-state index is -0.683. The molecule has 0 aromatic heterocycles. The van der Waals surface area contributed by atoms with Crippen LogP contribution in [0.3, 0.4) is 0 Å². The number of carbonyl (C=O) groups is 1. The van der Waals surface area contributed by atoms with Crippen molar-refractivity contribution in [3.63, 3.8) is 0 Å². The molecule has 1 aliphatic rings. The first kappa shape index (κ1) is 14.8. The molecular weight excluding hydrogens is 257 g/mol. The van der Waals surface area contributed by atoms with Gasteiger partial charge in [-0.2, -0.15) is 0 Å². The normalized spacial score (nSPS) is 22.5. The number of halogens is 1. The maximum atomic E-state index is 13.5. The Bertz CT molecular complexity index is 468. The molecule has 1 aliphatic carbocycles. The highest BCUT2D eigenvalue weighted by Gasteiger charge is 2.21. The summed E-state index contributed by atoms with van der Waals surface area (Å²) in [6, 6.07) is 3.60. The Morgan fingerprint density at radius 1 is 1.30 bits per heavy atom. The summed E-state index contributed by atoms with van der Waals surface area (Å²) < 4.78 is 13.5. The van der Waals surface area contributed by atoms with Gasteiger partial charge in [-0.1, -0.05) is 26.2 Å². The van der Waals surface area contributed by atoms with Gasteiger partial charge in [0.2, 0.25) is 0 Å².